The van der Waals surface area contributed by atoms with Crippen LogP contribution in [0.1, 0.15) is 39.5 Å². The van der Waals surface area contributed by atoms with E-state index in [1.165, 1.54) is 51.9 Å². The summed E-state index contributed by atoms with van der Waals surface area (Å²) < 4.78 is 0. The highest BCUT2D eigenvalue weighted by molar-refractivity contribution is 4.96. The lowest BCUT2D eigenvalue weighted by Crippen LogP contribution is -2.53. The largest absolute Gasteiger partial charge is 0.329 e. The molecule has 3 unspecified atom stereocenters. The Balaban J connectivity index is 1.95. The SMILES string of the molecule is CCN1CCCC(CN)(N(C)CC2CC2C)CC1. The van der Waals surface area contributed by atoms with Gasteiger partial charge in [-0.3, -0.25) is 4.90 Å². The first-order valence-electron chi connectivity index (χ1n) is 7.75. The van der Waals surface area contributed by atoms with E-state index in [-0.39, 0.29) is 5.54 Å². The van der Waals surface area contributed by atoms with E-state index < -0.39 is 0 Å². The summed E-state index contributed by atoms with van der Waals surface area (Å²) in [5, 5.41) is 0. The second kappa shape index (κ2) is 5.89. The maximum Gasteiger partial charge on any atom is 0.0341 e. The fraction of sp³-hybridized carbons (Fsp3) is 1.00. The molecule has 0 aromatic carbocycles. The van der Waals surface area contributed by atoms with Crippen molar-refractivity contribution in [3.05, 3.63) is 0 Å². The van der Waals surface area contributed by atoms with Crippen LogP contribution in [-0.4, -0.2) is 55.1 Å². The zero-order valence-corrected chi connectivity index (χ0v) is 12.5. The Morgan fingerprint density at radius 3 is 2.61 bits per heavy atom. The van der Waals surface area contributed by atoms with Crippen molar-refractivity contribution < 1.29 is 0 Å². The molecule has 1 aliphatic carbocycles. The van der Waals surface area contributed by atoms with Gasteiger partial charge in [0.05, 0.1) is 0 Å². The molecule has 0 amide bonds. The van der Waals surface area contributed by atoms with Gasteiger partial charge in [-0.1, -0.05) is 13.8 Å². The van der Waals surface area contributed by atoms with Gasteiger partial charge in [-0.2, -0.15) is 0 Å². The van der Waals surface area contributed by atoms with Crippen LogP contribution in [0.4, 0.5) is 0 Å². The van der Waals surface area contributed by atoms with Crippen molar-refractivity contribution in [1.82, 2.24) is 9.80 Å². The van der Waals surface area contributed by atoms with Crippen molar-refractivity contribution >= 4 is 0 Å². The first-order valence-corrected chi connectivity index (χ1v) is 7.75. The first kappa shape index (κ1) is 14.3. The molecule has 1 aliphatic heterocycles. The van der Waals surface area contributed by atoms with Crippen LogP contribution >= 0.6 is 0 Å². The number of likely N-dealkylation sites (tertiary alicyclic amines) is 1. The van der Waals surface area contributed by atoms with Gasteiger partial charge in [0.1, 0.15) is 0 Å². The summed E-state index contributed by atoms with van der Waals surface area (Å²) in [5.74, 6) is 1.88. The van der Waals surface area contributed by atoms with Crippen LogP contribution in [0.5, 0.6) is 0 Å². The third-order valence-electron chi connectivity index (χ3n) is 5.43. The second-order valence-electron chi connectivity index (χ2n) is 6.57. The third kappa shape index (κ3) is 3.06. The van der Waals surface area contributed by atoms with E-state index >= 15 is 0 Å². The quantitative estimate of drug-likeness (QED) is 0.810. The van der Waals surface area contributed by atoms with E-state index in [1.807, 2.05) is 0 Å². The molecule has 3 nitrogen and oxygen atoms in total. The molecule has 106 valence electrons. The van der Waals surface area contributed by atoms with Crippen LogP contribution < -0.4 is 5.73 Å². The number of likely N-dealkylation sites (N-methyl/N-ethyl adjacent to an activating group) is 1. The van der Waals surface area contributed by atoms with Crippen LogP contribution in [0.25, 0.3) is 0 Å². The zero-order chi connectivity index (χ0) is 13.2. The summed E-state index contributed by atoms with van der Waals surface area (Å²) in [6.07, 6.45) is 5.24. The number of rotatable bonds is 5. The van der Waals surface area contributed by atoms with Crippen LogP contribution in [-0.2, 0) is 0 Å². The number of hydrogen-bond acceptors (Lipinski definition) is 3. The zero-order valence-electron chi connectivity index (χ0n) is 12.5. The van der Waals surface area contributed by atoms with Crippen LogP contribution in [0.2, 0.25) is 0 Å². The molecule has 0 aromatic heterocycles. The fourth-order valence-corrected chi connectivity index (χ4v) is 3.49. The number of nitrogens with two attached hydrogens (primary N) is 1. The predicted molar refractivity (Wildman–Crippen MR) is 77.7 cm³/mol. The van der Waals surface area contributed by atoms with E-state index in [1.54, 1.807) is 0 Å². The predicted octanol–water partition coefficient (Wildman–Crippen LogP) is 1.78. The summed E-state index contributed by atoms with van der Waals surface area (Å²) in [6, 6.07) is 0. The lowest BCUT2D eigenvalue weighted by atomic mass is 9.88. The van der Waals surface area contributed by atoms with E-state index in [4.69, 9.17) is 5.73 Å². The lowest BCUT2D eigenvalue weighted by molar-refractivity contribution is 0.100. The second-order valence-corrected chi connectivity index (χ2v) is 6.57. The molecular weight excluding hydrogens is 222 g/mol. The van der Waals surface area contributed by atoms with Gasteiger partial charge in [-0.15, -0.1) is 0 Å². The fourth-order valence-electron chi connectivity index (χ4n) is 3.49. The monoisotopic (exact) mass is 253 g/mol. The van der Waals surface area contributed by atoms with E-state index in [0.29, 0.717) is 0 Å². The van der Waals surface area contributed by atoms with E-state index in [0.717, 1.165) is 18.4 Å². The first-order chi connectivity index (χ1) is 8.61. The van der Waals surface area contributed by atoms with Crippen LogP contribution in [0.3, 0.4) is 0 Å². The molecule has 18 heavy (non-hydrogen) atoms. The Kier molecular flexibility index (Phi) is 4.68. The van der Waals surface area contributed by atoms with Gasteiger partial charge < -0.3 is 10.6 Å². The summed E-state index contributed by atoms with van der Waals surface area (Å²) in [4.78, 5) is 5.17. The highest BCUT2D eigenvalue weighted by atomic mass is 15.2. The van der Waals surface area contributed by atoms with Crippen LogP contribution in [0, 0.1) is 11.8 Å². The third-order valence-corrected chi connectivity index (χ3v) is 5.43. The van der Waals surface area contributed by atoms with Gasteiger partial charge in [-0.25, -0.2) is 0 Å². The Labute approximate surface area is 113 Å². The molecule has 0 aromatic rings. The van der Waals surface area contributed by atoms with E-state index in [9.17, 15) is 0 Å². The molecule has 3 heteroatoms. The molecule has 1 saturated carbocycles. The molecule has 2 fully saturated rings. The van der Waals surface area contributed by atoms with Crippen molar-refractivity contribution in [1.29, 1.82) is 0 Å². The van der Waals surface area contributed by atoms with Crippen molar-refractivity contribution in [2.24, 2.45) is 17.6 Å². The lowest BCUT2D eigenvalue weighted by Gasteiger charge is -2.41. The van der Waals surface area contributed by atoms with Gasteiger partial charge >= 0.3 is 0 Å². The maximum atomic E-state index is 6.17. The minimum atomic E-state index is 0.270. The van der Waals surface area contributed by atoms with Gasteiger partial charge in [0, 0.05) is 18.6 Å². The highest BCUT2D eigenvalue weighted by Crippen LogP contribution is 2.40. The molecule has 3 atom stereocenters. The normalized spacial score (nSPS) is 37.8. The van der Waals surface area contributed by atoms with Crippen molar-refractivity contribution in [2.45, 2.75) is 45.1 Å². The number of nitrogens with zero attached hydrogens (tertiary/aromatic N) is 2. The topological polar surface area (TPSA) is 32.5 Å². The van der Waals surface area contributed by atoms with Gasteiger partial charge in [-0.05, 0) is 64.2 Å². The average molecular weight is 253 g/mol. The molecule has 0 bridgehead atoms. The molecule has 1 saturated heterocycles. The summed E-state index contributed by atoms with van der Waals surface area (Å²) in [6.45, 7) is 10.4. The van der Waals surface area contributed by atoms with Gasteiger partial charge in [0.15, 0.2) is 0 Å². The van der Waals surface area contributed by atoms with Gasteiger partial charge in [0.2, 0.25) is 0 Å². The molecule has 1 heterocycles. The molecule has 2 N–H and O–H groups in total. The summed E-state index contributed by atoms with van der Waals surface area (Å²) >= 11 is 0. The standard InChI is InChI=1S/C15H31N3/c1-4-18-8-5-6-15(12-16,7-9-18)17(3)11-14-10-13(14)2/h13-14H,4-12,16H2,1-3H3. The summed E-state index contributed by atoms with van der Waals surface area (Å²) in [7, 11) is 2.31. The van der Waals surface area contributed by atoms with Crippen molar-refractivity contribution in [3.63, 3.8) is 0 Å². The summed E-state index contributed by atoms with van der Waals surface area (Å²) in [5.41, 5.74) is 6.44. The van der Waals surface area contributed by atoms with Crippen molar-refractivity contribution in [3.8, 4) is 0 Å². The Morgan fingerprint density at radius 1 is 1.33 bits per heavy atom. The minimum absolute atomic E-state index is 0.270. The van der Waals surface area contributed by atoms with Crippen LogP contribution in [0.15, 0.2) is 0 Å². The minimum Gasteiger partial charge on any atom is -0.329 e. The average Bonchev–Trinajstić information content (AvgIpc) is 3.10. The Hall–Kier alpha value is -0.120. The molecule has 2 aliphatic rings. The molecule has 2 rings (SSSR count). The maximum absolute atomic E-state index is 6.17. The van der Waals surface area contributed by atoms with Gasteiger partial charge in [0.25, 0.3) is 0 Å². The Bertz CT molecular complexity index is 268. The Morgan fingerprint density at radius 2 is 2.06 bits per heavy atom. The molecule has 0 radical (unpaired) electrons. The smallest absolute Gasteiger partial charge is 0.0341 e. The number of hydrogen-bond donors (Lipinski definition) is 1. The highest BCUT2D eigenvalue weighted by Gasteiger charge is 2.40. The van der Waals surface area contributed by atoms with Crippen molar-refractivity contribution in [2.75, 3.05) is 39.8 Å². The molecular formula is C15H31N3. The van der Waals surface area contributed by atoms with E-state index in [2.05, 4.69) is 30.7 Å². The molecule has 0 spiro atoms.